The summed E-state index contributed by atoms with van der Waals surface area (Å²) in [6.45, 7) is -0.218. The fraction of sp³-hybridized carbons (Fsp3) is 0.400. The number of benzene rings is 1. The number of hydrogen-bond donors (Lipinski definition) is 3. The van der Waals surface area contributed by atoms with Gasteiger partial charge in [-0.3, -0.25) is 0 Å². The summed E-state index contributed by atoms with van der Waals surface area (Å²) in [7, 11) is 3.75. The summed E-state index contributed by atoms with van der Waals surface area (Å²) in [4.78, 5) is 0. The molecule has 3 nitrogen and oxygen atoms in total. The molecule has 0 fully saturated rings. The van der Waals surface area contributed by atoms with Gasteiger partial charge in [0.05, 0.1) is 6.61 Å². The van der Waals surface area contributed by atoms with Gasteiger partial charge in [-0.15, -0.1) is 0 Å². The number of aliphatic hydroxyl groups is 2. The maximum Gasteiger partial charge on any atom is 0.102 e. The van der Waals surface area contributed by atoms with Crippen molar-refractivity contribution >= 4 is 0 Å². The first-order valence-electron chi connectivity index (χ1n) is 4.18. The molecule has 3 N–H and O–H groups in total. The Morgan fingerprint density at radius 1 is 1.23 bits per heavy atom. The molecule has 1 aromatic carbocycles. The molecule has 0 radical (unpaired) electrons. The lowest BCUT2D eigenvalue weighted by Crippen LogP contribution is -2.01. The highest BCUT2D eigenvalue weighted by Gasteiger charge is 2.02. The van der Waals surface area contributed by atoms with Crippen LogP contribution in [0.2, 0.25) is 0 Å². The molecule has 13 heavy (non-hydrogen) atoms. The van der Waals surface area contributed by atoms with Crippen molar-refractivity contribution < 1.29 is 10.2 Å². The van der Waals surface area contributed by atoms with Crippen LogP contribution in [0.3, 0.4) is 0 Å². The van der Waals surface area contributed by atoms with E-state index < -0.39 is 6.10 Å². The number of rotatable bonds is 2. The molecule has 0 aliphatic heterocycles. The smallest absolute Gasteiger partial charge is 0.102 e. The van der Waals surface area contributed by atoms with E-state index in [4.69, 9.17) is 10.2 Å². The van der Waals surface area contributed by atoms with Gasteiger partial charge in [-0.25, -0.2) is 0 Å². The number of nitrogens with one attached hydrogen (secondary N) is 1. The standard InChI is InChI=1S/C8H10O2.C2H7N/c9-6-8(10)7-4-2-1-3-5-7;1-3-2/h1-5,8-10H,6H2;3H,1-2H3. The third-order valence-electron chi connectivity index (χ3n) is 1.36. The summed E-state index contributed by atoms with van der Waals surface area (Å²) in [6, 6.07) is 9.08. The molecule has 74 valence electrons. The van der Waals surface area contributed by atoms with E-state index in [2.05, 4.69) is 5.32 Å². The van der Waals surface area contributed by atoms with Crippen LogP contribution >= 0.6 is 0 Å². The summed E-state index contributed by atoms with van der Waals surface area (Å²) in [5.74, 6) is 0. The van der Waals surface area contributed by atoms with Gasteiger partial charge in [-0.05, 0) is 19.7 Å². The molecule has 3 heteroatoms. The Labute approximate surface area is 79.0 Å². The Bertz CT molecular complexity index is 201. The molecule has 1 rings (SSSR count). The fourth-order valence-corrected chi connectivity index (χ4v) is 0.781. The van der Waals surface area contributed by atoms with Crippen molar-refractivity contribution in [3.8, 4) is 0 Å². The molecule has 0 aliphatic carbocycles. The lowest BCUT2D eigenvalue weighted by molar-refractivity contribution is 0.0956. The first-order chi connectivity index (χ1) is 6.26. The molecule has 0 bridgehead atoms. The summed E-state index contributed by atoms with van der Waals surface area (Å²) in [5, 5.41) is 20.4. The minimum absolute atomic E-state index is 0.218. The minimum atomic E-state index is -0.735. The van der Waals surface area contributed by atoms with E-state index in [0.29, 0.717) is 0 Å². The third kappa shape index (κ3) is 5.36. The quantitative estimate of drug-likeness (QED) is 0.627. The first kappa shape index (κ1) is 12.1. The highest BCUT2D eigenvalue weighted by Crippen LogP contribution is 2.09. The maximum atomic E-state index is 9.08. The Balaban J connectivity index is 0.000000424. The monoisotopic (exact) mass is 183 g/mol. The van der Waals surface area contributed by atoms with Crippen molar-refractivity contribution in [3.63, 3.8) is 0 Å². The average molecular weight is 183 g/mol. The zero-order chi connectivity index (χ0) is 10.1. The largest absolute Gasteiger partial charge is 0.393 e. The van der Waals surface area contributed by atoms with Crippen LogP contribution in [0.5, 0.6) is 0 Å². The Morgan fingerprint density at radius 2 is 1.69 bits per heavy atom. The van der Waals surface area contributed by atoms with Gasteiger partial charge in [0.15, 0.2) is 0 Å². The van der Waals surface area contributed by atoms with Gasteiger partial charge in [0, 0.05) is 0 Å². The summed E-state index contributed by atoms with van der Waals surface area (Å²) in [6.07, 6.45) is -0.735. The molecule has 1 unspecified atom stereocenters. The zero-order valence-corrected chi connectivity index (χ0v) is 8.07. The molecule has 0 heterocycles. The summed E-state index contributed by atoms with van der Waals surface area (Å²) in [5.41, 5.74) is 0.755. The second kappa shape index (κ2) is 7.73. The second-order valence-electron chi connectivity index (χ2n) is 2.61. The van der Waals surface area contributed by atoms with Crippen molar-refractivity contribution in [2.75, 3.05) is 20.7 Å². The van der Waals surface area contributed by atoms with E-state index in [1.807, 2.05) is 32.3 Å². The van der Waals surface area contributed by atoms with Crippen molar-refractivity contribution in [2.24, 2.45) is 0 Å². The Hall–Kier alpha value is -0.900. The van der Waals surface area contributed by atoms with Gasteiger partial charge in [-0.2, -0.15) is 0 Å². The molecule has 1 aromatic rings. The van der Waals surface area contributed by atoms with E-state index >= 15 is 0 Å². The van der Waals surface area contributed by atoms with Crippen LogP contribution in [0.15, 0.2) is 30.3 Å². The molecule has 0 amide bonds. The van der Waals surface area contributed by atoms with E-state index in [-0.39, 0.29) is 6.61 Å². The molecular formula is C10H17NO2. The maximum absolute atomic E-state index is 9.08. The third-order valence-corrected chi connectivity index (χ3v) is 1.36. The van der Waals surface area contributed by atoms with Crippen molar-refractivity contribution in [1.29, 1.82) is 0 Å². The Kier molecular flexibility index (Phi) is 7.20. The molecule has 0 saturated heterocycles. The van der Waals surface area contributed by atoms with E-state index in [9.17, 15) is 0 Å². The predicted octanol–water partition coefficient (Wildman–Crippen LogP) is 0.548. The lowest BCUT2D eigenvalue weighted by Gasteiger charge is -2.05. The van der Waals surface area contributed by atoms with Crippen LogP contribution in [0.4, 0.5) is 0 Å². The molecular weight excluding hydrogens is 166 g/mol. The van der Waals surface area contributed by atoms with Gasteiger partial charge in [0.2, 0.25) is 0 Å². The van der Waals surface area contributed by atoms with Gasteiger partial charge in [0.1, 0.15) is 6.10 Å². The van der Waals surface area contributed by atoms with E-state index in [0.717, 1.165) is 5.56 Å². The first-order valence-corrected chi connectivity index (χ1v) is 4.18. The fourth-order valence-electron chi connectivity index (χ4n) is 0.781. The summed E-state index contributed by atoms with van der Waals surface area (Å²) >= 11 is 0. The van der Waals surface area contributed by atoms with Crippen LogP contribution in [0.1, 0.15) is 11.7 Å². The average Bonchev–Trinajstić information content (AvgIpc) is 2.19. The summed E-state index contributed by atoms with van der Waals surface area (Å²) < 4.78 is 0. The van der Waals surface area contributed by atoms with Gasteiger partial charge >= 0.3 is 0 Å². The van der Waals surface area contributed by atoms with Crippen LogP contribution in [0.25, 0.3) is 0 Å². The highest BCUT2D eigenvalue weighted by molar-refractivity contribution is 5.16. The van der Waals surface area contributed by atoms with Gasteiger partial charge in [0.25, 0.3) is 0 Å². The van der Waals surface area contributed by atoms with E-state index in [1.54, 1.807) is 12.1 Å². The molecule has 0 aromatic heterocycles. The normalized spacial score (nSPS) is 11.4. The number of hydrogen-bond acceptors (Lipinski definition) is 3. The van der Waals surface area contributed by atoms with Crippen LogP contribution in [-0.2, 0) is 0 Å². The van der Waals surface area contributed by atoms with Crippen molar-refractivity contribution in [1.82, 2.24) is 5.32 Å². The van der Waals surface area contributed by atoms with E-state index in [1.165, 1.54) is 0 Å². The zero-order valence-electron chi connectivity index (χ0n) is 8.07. The predicted molar refractivity (Wildman–Crippen MR) is 53.5 cm³/mol. The Morgan fingerprint density at radius 3 is 2.08 bits per heavy atom. The molecule has 0 aliphatic rings. The van der Waals surface area contributed by atoms with Crippen LogP contribution in [-0.4, -0.2) is 30.9 Å². The molecule has 1 atom stereocenters. The van der Waals surface area contributed by atoms with Crippen LogP contribution < -0.4 is 5.32 Å². The minimum Gasteiger partial charge on any atom is -0.393 e. The van der Waals surface area contributed by atoms with Crippen LogP contribution in [0, 0.1) is 0 Å². The second-order valence-corrected chi connectivity index (χ2v) is 2.61. The SMILES string of the molecule is CNC.OCC(O)c1ccccc1. The molecule has 0 saturated carbocycles. The lowest BCUT2D eigenvalue weighted by atomic mass is 10.1. The van der Waals surface area contributed by atoms with Crippen molar-refractivity contribution in [2.45, 2.75) is 6.10 Å². The highest BCUT2D eigenvalue weighted by atomic mass is 16.3. The van der Waals surface area contributed by atoms with Gasteiger partial charge < -0.3 is 15.5 Å². The van der Waals surface area contributed by atoms with Crippen molar-refractivity contribution in [3.05, 3.63) is 35.9 Å². The van der Waals surface area contributed by atoms with Gasteiger partial charge in [-0.1, -0.05) is 30.3 Å². The topological polar surface area (TPSA) is 52.5 Å². The number of aliphatic hydroxyl groups excluding tert-OH is 2. The molecule has 0 spiro atoms.